The Hall–Kier alpha value is -3.14. The normalized spacial score (nSPS) is 13.3. The first-order chi connectivity index (χ1) is 15.0. The zero-order chi connectivity index (χ0) is 21.8. The SMILES string of the molecule is O=C(NCCc1cccs1)c1cnc2c(n1)N(Cc1c(F)ccc(F)c1F)CCCN2. The van der Waals surface area contributed by atoms with Crippen molar-refractivity contribution in [3.8, 4) is 0 Å². The molecule has 4 rings (SSSR count). The van der Waals surface area contributed by atoms with Crippen molar-refractivity contribution < 1.29 is 18.0 Å². The Morgan fingerprint density at radius 1 is 1.23 bits per heavy atom. The van der Waals surface area contributed by atoms with Gasteiger partial charge in [-0.1, -0.05) is 6.07 Å². The van der Waals surface area contributed by atoms with Crippen LogP contribution < -0.4 is 15.5 Å². The van der Waals surface area contributed by atoms with E-state index in [0.29, 0.717) is 44.1 Å². The third-order valence-corrected chi connectivity index (χ3v) is 5.84. The molecule has 0 atom stereocenters. The minimum absolute atomic E-state index is 0.0961. The van der Waals surface area contributed by atoms with Gasteiger partial charge in [-0.15, -0.1) is 11.3 Å². The Morgan fingerprint density at radius 3 is 2.87 bits per heavy atom. The molecular weight excluding hydrogens is 427 g/mol. The summed E-state index contributed by atoms with van der Waals surface area (Å²) in [5, 5.41) is 7.88. The number of aromatic nitrogens is 2. The topological polar surface area (TPSA) is 70.2 Å². The van der Waals surface area contributed by atoms with Crippen molar-refractivity contribution in [1.29, 1.82) is 0 Å². The summed E-state index contributed by atoms with van der Waals surface area (Å²) in [4.78, 5) is 24.0. The van der Waals surface area contributed by atoms with Gasteiger partial charge in [0.15, 0.2) is 23.3 Å². The van der Waals surface area contributed by atoms with Crippen LogP contribution in [0, 0.1) is 17.5 Å². The van der Waals surface area contributed by atoms with Gasteiger partial charge >= 0.3 is 0 Å². The average Bonchev–Trinajstić information content (AvgIpc) is 3.21. The number of hydrogen-bond donors (Lipinski definition) is 2. The highest BCUT2D eigenvalue weighted by Gasteiger charge is 2.24. The van der Waals surface area contributed by atoms with Gasteiger partial charge in [-0.2, -0.15) is 0 Å². The van der Waals surface area contributed by atoms with E-state index < -0.39 is 17.5 Å². The molecule has 2 N–H and O–H groups in total. The van der Waals surface area contributed by atoms with E-state index in [1.165, 1.54) is 6.20 Å². The quantitative estimate of drug-likeness (QED) is 0.564. The lowest BCUT2D eigenvalue weighted by molar-refractivity contribution is 0.0949. The number of benzene rings is 1. The van der Waals surface area contributed by atoms with Crippen molar-refractivity contribution in [3.63, 3.8) is 0 Å². The number of nitrogens with one attached hydrogen (secondary N) is 2. The molecule has 0 fully saturated rings. The number of thiophene rings is 1. The molecule has 2 aromatic heterocycles. The number of anilines is 2. The van der Waals surface area contributed by atoms with Crippen LogP contribution in [0.25, 0.3) is 0 Å². The first kappa shape index (κ1) is 21.1. The fourth-order valence-electron chi connectivity index (χ4n) is 3.32. The standard InChI is InChI=1S/C21H20F3N5OS/c22-15-4-5-16(23)18(24)14(15)12-29-9-2-7-25-19-20(29)28-17(11-27-19)21(30)26-8-6-13-3-1-10-31-13/h1,3-5,10-11H,2,6-9,12H2,(H,25,27)(H,26,30). The predicted octanol–water partition coefficient (Wildman–Crippen LogP) is 3.75. The Morgan fingerprint density at radius 2 is 2.06 bits per heavy atom. The second-order valence-electron chi connectivity index (χ2n) is 7.04. The van der Waals surface area contributed by atoms with E-state index >= 15 is 0 Å². The number of carbonyl (C=O) groups is 1. The Balaban J connectivity index is 1.54. The van der Waals surface area contributed by atoms with Crippen LogP contribution >= 0.6 is 11.3 Å². The van der Waals surface area contributed by atoms with E-state index in [-0.39, 0.29) is 23.7 Å². The highest BCUT2D eigenvalue weighted by atomic mass is 32.1. The second-order valence-corrected chi connectivity index (χ2v) is 8.07. The van der Waals surface area contributed by atoms with E-state index in [4.69, 9.17) is 0 Å². The van der Waals surface area contributed by atoms with E-state index in [0.717, 1.165) is 17.0 Å². The molecule has 31 heavy (non-hydrogen) atoms. The first-order valence-electron chi connectivity index (χ1n) is 9.81. The Kier molecular flexibility index (Phi) is 6.36. The van der Waals surface area contributed by atoms with Crippen LogP contribution in [0.2, 0.25) is 0 Å². The van der Waals surface area contributed by atoms with Crippen molar-refractivity contribution in [2.24, 2.45) is 0 Å². The summed E-state index contributed by atoms with van der Waals surface area (Å²) in [6.07, 6.45) is 2.71. The molecule has 0 radical (unpaired) electrons. The molecule has 0 aliphatic carbocycles. The number of amides is 1. The minimum Gasteiger partial charge on any atom is -0.367 e. The number of rotatable bonds is 6. The van der Waals surface area contributed by atoms with Gasteiger partial charge in [0.05, 0.1) is 12.7 Å². The van der Waals surface area contributed by atoms with Gasteiger partial charge in [-0.25, -0.2) is 23.1 Å². The molecule has 1 amide bonds. The zero-order valence-corrected chi connectivity index (χ0v) is 17.3. The van der Waals surface area contributed by atoms with E-state index in [1.807, 2.05) is 17.5 Å². The van der Waals surface area contributed by atoms with Gasteiger partial charge in [0, 0.05) is 30.1 Å². The van der Waals surface area contributed by atoms with Crippen molar-refractivity contribution >= 4 is 28.9 Å². The molecule has 10 heteroatoms. The maximum absolute atomic E-state index is 14.2. The molecule has 0 bridgehead atoms. The molecule has 1 aliphatic rings. The van der Waals surface area contributed by atoms with Crippen LogP contribution in [-0.2, 0) is 13.0 Å². The fourth-order valence-corrected chi connectivity index (χ4v) is 4.03. The molecule has 0 unspecified atom stereocenters. The van der Waals surface area contributed by atoms with Gasteiger partial charge in [0.2, 0.25) is 0 Å². The average molecular weight is 447 g/mol. The minimum atomic E-state index is -1.23. The number of hydrogen-bond acceptors (Lipinski definition) is 6. The third kappa shape index (κ3) is 4.79. The second kappa shape index (κ2) is 9.34. The Labute approximate surface area is 181 Å². The molecule has 3 heterocycles. The van der Waals surface area contributed by atoms with Crippen LogP contribution in [-0.4, -0.2) is 35.5 Å². The maximum atomic E-state index is 14.2. The van der Waals surface area contributed by atoms with E-state index in [1.54, 1.807) is 16.2 Å². The van der Waals surface area contributed by atoms with Crippen LogP contribution in [0.5, 0.6) is 0 Å². The summed E-state index contributed by atoms with van der Waals surface area (Å²) < 4.78 is 42.0. The van der Waals surface area contributed by atoms with Crippen LogP contribution in [0.4, 0.5) is 24.8 Å². The number of carbonyl (C=O) groups excluding carboxylic acids is 1. The molecule has 1 aliphatic heterocycles. The molecule has 0 saturated carbocycles. The summed E-state index contributed by atoms with van der Waals surface area (Å²) in [5.74, 6) is -2.87. The highest BCUT2D eigenvalue weighted by molar-refractivity contribution is 7.09. The van der Waals surface area contributed by atoms with Gasteiger partial charge < -0.3 is 15.5 Å². The van der Waals surface area contributed by atoms with Crippen LogP contribution in [0.15, 0.2) is 35.8 Å². The lowest BCUT2D eigenvalue weighted by atomic mass is 10.1. The van der Waals surface area contributed by atoms with Crippen molar-refractivity contribution in [3.05, 3.63) is 69.4 Å². The van der Waals surface area contributed by atoms with Gasteiger partial charge in [0.25, 0.3) is 5.91 Å². The number of halogens is 3. The van der Waals surface area contributed by atoms with E-state index in [9.17, 15) is 18.0 Å². The summed E-state index contributed by atoms with van der Waals surface area (Å²) >= 11 is 1.61. The molecule has 3 aromatic rings. The van der Waals surface area contributed by atoms with Crippen LogP contribution in [0.1, 0.15) is 27.3 Å². The molecule has 1 aromatic carbocycles. The Bertz CT molecular complexity index is 1080. The highest BCUT2D eigenvalue weighted by Crippen LogP contribution is 2.27. The number of fused-ring (bicyclic) bond motifs is 1. The molecule has 0 saturated heterocycles. The lowest BCUT2D eigenvalue weighted by Crippen LogP contribution is -2.29. The number of nitrogens with zero attached hydrogens (tertiary/aromatic N) is 3. The zero-order valence-electron chi connectivity index (χ0n) is 16.5. The molecular formula is C21H20F3N5OS. The van der Waals surface area contributed by atoms with E-state index in [2.05, 4.69) is 20.6 Å². The van der Waals surface area contributed by atoms with Crippen molar-refractivity contribution in [2.45, 2.75) is 19.4 Å². The summed E-state index contributed by atoms with van der Waals surface area (Å²) in [6.45, 7) is 1.20. The molecule has 162 valence electrons. The maximum Gasteiger partial charge on any atom is 0.271 e. The van der Waals surface area contributed by atoms with Gasteiger partial charge in [0.1, 0.15) is 11.5 Å². The first-order valence-corrected chi connectivity index (χ1v) is 10.7. The van der Waals surface area contributed by atoms with Gasteiger partial charge in [-0.3, -0.25) is 4.79 Å². The van der Waals surface area contributed by atoms with Crippen molar-refractivity contribution in [2.75, 3.05) is 29.9 Å². The largest absolute Gasteiger partial charge is 0.367 e. The van der Waals surface area contributed by atoms with Crippen LogP contribution in [0.3, 0.4) is 0 Å². The van der Waals surface area contributed by atoms with Crippen molar-refractivity contribution in [1.82, 2.24) is 15.3 Å². The summed E-state index contributed by atoms with van der Waals surface area (Å²) in [6, 6.07) is 5.59. The fraction of sp³-hybridized carbons (Fsp3) is 0.286. The summed E-state index contributed by atoms with van der Waals surface area (Å²) in [5.41, 5.74) is -0.292. The lowest BCUT2D eigenvalue weighted by Gasteiger charge is -2.23. The van der Waals surface area contributed by atoms with Gasteiger partial charge in [-0.05, 0) is 36.4 Å². The third-order valence-electron chi connectivity index (χ3n) is 4.91. The summed E-state index contributed by atoms with van der Waals surface area (Å²) in [7, 11) is 0. The monoisotopic (exact) mass is 447 g/mol. The molecule has 6 nitrogen and oxygen atoms in total. The molecule has 0 spiro atoms. The predicted molar refractivity (Wildman–Crippen MR) is 113 cm³/mol. The smallest absolute Gasteiger partial charge is 0.271 e.